The number of hydrogen-bond acceptors (Lipinski definition) is 8. The minimum atomic E-state index is -1.35. The van der Waals surface area contributed by atoms with Gasteiger partial charge in [-0.25, -0.2) is 0 Å². The molecule has 13 unspecified atom stereocenters. The van der Waals surface area contributed by atoms with E-state index in [1.165, 1.54) is 0 Å². The predicted octanol–water partition coefficient (Wildman–Crippen LogP) is 0.0224. The third-order valence-corrected chi connectivity index (χ3v) is 8.67. The number of allylic oxidation sites excluding steroid dienone is 6. The molecule has 1 amide bonds. The van der Waals surface area contributed by atoms with Crippen LogP contribution in [0.15, 0.2) is 60.8 Å². The highest BCUT2D eigenvalue weighted by molar-refractivity contribution is 5.85. The summed E-state index contributed by atoms with van der Waals surface area (Å²) < 4.78 is 11.5. The third-order valence-electron chi connectivity index (χ3n) is 8.67. The topological polar surface area (TPSA) is 146 Å². The van der Waals surface area contributed by atoms with Crippen LogP contribution < -0.4 is 5.73 Å². The highest BCUT2D eigenvalue weighted by Gasteiger charge is 2.54. The van der Waals surface area contributed by atoms with Crippen LogP contribution in [0.5, 0.6) is 0 Å². The number of carbonyl (C=O) groups is 1. The van der Waals surface area contributed by atoms with Gasteiger partial charge in [0.05, 0.1) is 36.3 Å². The summed E-state index contributed by atoms with van der Waals surface area (Å²) in [5.74, 6) is -0.890. The number of hydrogen-bond donors (Lipinski definition) is 5. The normalized spacial score (nSPS) is 49.4. The van der Waals surface area contributed by atoms with Gasteiger partial charge in [0, 0.05) is 30.2 Å². The second kappa shape index (κ2) is 10.2. The summed E-state index contributed by atoms with van der Waals surface area (Å²) >= 11 is 0. The maximum atomic E-state index is 13.1. The van der Waals surface area contributed by atoms with E-state index < -0.39 is 42.3 Å². The molecule has 13 atom stereocenters. The number of ether oxygens (including phenoxy) is 2. The number of aliphatic hydroxyl groups excluding tert-OH is 3. The van der Waals surface area contributed by atoms with E-state index in [1.54, 1.807) is 13.0 Å². The smallest absolute Gasteiger partial charge is 0.230 e. The lowest BCUT2D eigenvalue weighted by atomic mass is 9.71. The van der Waals surface area contributed by atoms with Gasteiger partial charge >= 0.3 is 0 Å². The highest BCUT2D eigenvalue weighted by Crippen LogP contribution is 2.42. The number of rotatable bonds is 2. The summed E-state index contributed by atoms with van der Waals surface area (Å²) in [5.41, 5.74) is 4.67. The number of aliphatic hydroxyl groups is 4. The Kier molecular flexibility index (Phi) is 7.32. The average molecular weight is 515 g/mol. The van der Waals surface area contributed by atoms with Crippen LogP contribution in [-0.4, -0.2) is 92.8 Å². The predicted molar refractivity (Wildman–Crippen MR) is 136 cm³/mol. The molecular formula is C28H38N2O7. The van der Waals surface area contributed by atoms with Crippen molar-refractivity contribution in [1.29, 1.82) is 0 Å². The Balaban J connectivity index is 1.38. The molecule has 0 aromatic rings. The van der Waals surface area contributed by atoms with Crippen LogP contribution in [0.3, 0.4) is 0 Å². The van der Waals surface area contributed by atoms with E-state index in [2.05, 4.69) is 0 Å². The minimum Gasteiger partial charge on any atom is -0.391 e. The van der Waals surface area contributed by atoms with Gasteiger partial charge in [-0.2, -0.15) is 0 Å². The second-order valence-corrected chi connectivity index (χ2v) is 11.2. The minimum absolute atomic E-state index is 0.0313. The standard InChI is InChI=1S/C28H38N2O7/c1-15-13-30-23(24(15)32)17-8-4-3-7-16-11-12-21(37-27-22(29)25(33)20(31)14-36-27)28(2,35)19(16)10-6-5-9-18(17)26(30)34/h3-12,15-25,27,31-33,35H,13-14,29H2,1-2H3. The van der Waals surface area contributed by atoms with Gasteiger partial charge in [0.15, 0.2) is 6.29 Å². The first-order valence-electron chi connectivity index (χ1n) is 13.1. The number of carbonyl (C=O) groups excluding carboxylic acids is 1. The molecule has 0 radical (unpaired) electrons. The Morgan fingerprint density at radius 1 is 1.03 bits per heavy atom. The summed E-state index contributed by atoms with van der Waals surface area (Å²) in [4.78, 5) is 14.9. The zero-order valence-electron chi connectivity index (χ0n) is 21.2. The van der Waals surface area contributed by atoms with Crippen LogP contribution in [0.4, 0.5) is 0 Å². The maximum absolute atomic E-state index is 13.1. The first-order chi connectivity index (χ1) is 17.6. The van der Waals surface area contributed by atoms with Gasteiger partial charge in [-0.3, -0.25) is 4.79 Å². The fraction of sp³-hybridized carbons (Fsp3) is 0.607. The van der Waals surface area contributed by atoms with E-state index in [0.29, 0.717) is 6.54 Å². The Morgan fingerprint density at radius 2 is 1.73 bits per heavy atom. The Hall–Kier alpha value is -2.11. The van der Waals surface area contributed by atoms with E-state index in [4.69, 9.17) is 15.2 Å². The van der Waals surface area contributed by atoms with Crippen molar-refractivity contribution in [2.24, 2.45) is 35.3 Å². The number of fused-ring (bicyclic) bond motifs is 4. The molecule has 37 heavy (non-hydrogen) atoms. The van der Waals surface area contributed by atoms with Crippen LogP contribution in [0.2, 0.25) is 0 Å². The van der Waals surface area contributed by atoms with Gasteiger partial charge in [0.2, 0.25) is 5.91 Å². The van der Waals surface area contributed by atoms with E-state index >= 15 is 0 Å². The number of nitrogens with two attached hydrogens (primary N) is 1. The lowest BCUT2D eigenvalue weighted by molar-refractivity contribution is -0.260. The van der Waals surface area contributed by atoms with Crippen LogP contribution in [0.25, 0.3) is 0 Å². The largest absolute Gasteiger partial charge is 0.391 e. The van der Waals surface area contributed by atoms with Gasteiger partial charge in [-0.1, -0.05) is 67.7 Å². The van der Waals surface area contributed by atoms with Gasteiger partial charge in [0.25, 0.3) is 0 Å². The molecule has 3 heterocycles. The van der Waals surface area contributed by atoms with Gasteiger partial charge in [-0.05, 0) is 6.92 Å². The van der Waals surface area contributed by atoms with Crippen molar-refractivity contribution < 1.29 is 34.7 Å². The van der Waals surface area contributed by atoms with E-state index in [9.17, 15) is 25.2 Å². The van der Waals surface area contributed by atoms with Crippen molar-refractivity contribution in [2.75, 3.05) is 13.2 Å². The second-order valence-electron chi connectivity index (χ2n) is 11.2. The molecule has 0 aromatic carbocycles. The molecule has 0 saturated carbocycles. The molecule has 3 aliphatic heterocycles. The van der Waals surface area contributed by atoms with Gasteiger partial charge in [-0.15, -0.1) is 0 Å². The van der Waals surface area contributed by atoms with Crippen molar-refractivity contribution in [2.45, 2.75) is 62.2 Å². The molecule has 9 nitrogen and oxygen atoms in total. The molecule has 6 N–H and O–H groups in total. The molecule has 202 valence electrons. The molecule has 9 heteroatoms. The quantitative estimate of drug-likeness (QED) is 0.324. The van der Waals surface area contributed by atoms with Crippen LogP contribution >= 0.6 is 0 Å². The summed E-state index contributed by atoms with van der Waals surface area (Å²) in [6, 6.07) is -1.18. The number of nitrogens with zero attached hydrogens (tertiary/aromatic N) is 1. The van der Waals surface area contributed by atoms with E-state index in [1.807, 2.05) is 66.5 Å². The summed E-state index contributed by atoms with van der Waals surface area (Å²) in [6.45, 7) is 4.12. The zero-order valence-corrected chi connectivity index (χ0v) is 21.2. The van der Waals surface area contributed by atoms with Gasteiger partial charge < -0.3 is 40.5 Å². The zero-order chi connectivity index (χ0) is 26.5. The lowest BCUT2D eigenvalue weighted by Gasteiger charge is -2.45. The lowest BCUT2D eigenvalue weighted by Crippen LogP contribution is -2.61. The van der Waals surface area contributed by atoms with Crippen molar-refractivity contribution >= 4 is 5.91 Å². The fourth-order valence-corrected chi connectivity index (χ4v) is 6.41. The first kappa shape index (κ1) is 26.5. The Morgan fingerprint density at radius 3 is 2.51 bits per heavy atom. The fourth-order valence-electron chi connectivity index (χ4n) is 6.41. The molecule has 5 aliphatic rings. The summed E-state index contributed by atoms with van der Waals surface area (Å²) in [6.07, 6.45) is 14.5. The van der Waals surface area contributed by atoms with Crippen molar-refractivity contribution in [3.63, 3.8) is 0 Å². The molecule has 3 saturated heterocycles. The molecule has 5 rings (SSSR count). The Bertz CT molecular complexity index is 1020. The average Bonchev–Trinajstić information content (AvgIpc) is 3.28. The summed E-state index contributed by atoms with van der Waals surface area (Å²) in [7, 11) is 0. The van der Waals surface area contributed by atoms with Crippen LogP contribution in [0, 0.1) is 29.6 Å². The first-order valence-corrected chi connectivity index (χ1v) is 13.1. The molecule has 0 aromatic heterocycles. The van der Waals surface area contributed by atoms with Gasteiger partial charge in [0.1, 0.15) is 18.3 Å². The highest BCUT2D eigenvalue weighted by atomic mass is 16.7. The SMILES string of the molecule is CC1CN2C(=O)C3C=CC=CC4C(C=CC=CC3C2C1O)C=CC(OC1OCC(O)C(O)C1N)C4(C)O. The summed E-state index contributed by atoms with van der Waals surface area (Å²) in [5, 5.41) is 42.3. The van der Waals surface area contributed by atoms with Crippen molar-refractivity contribution in [3.05, 3.63) is 60.8 Å². The third kappa shape index (κ3) is 4.67. The van der Waals surface area contributed by atoms with E-state index in [0.717, 1.165) is 0 Å². The molecule has 0 bridgehead atoms. The molecular weight excluding hydrogens is 476 g/mol. The molecule has 2 aliphatic carbocycles. The monoisotopic (exact) mass is 514 g/mol. The Labute approximate surface area is 217 Å². The number of amides is 1. The molecule has 0 spiro atoms. The maximum Gasteiger partial charge on any atom is 0.230 e. The van der Waals surface area contributed by atoms with Crippen LogP contribution in [0.1, 0.15) is 13.8 Å². The van der Waals surface area contributed by atoms with Crippen LogP contribution in [-0.2, 0) is 14.3 Å². The van der Waals surface area contributed by atoms with Crippen molar-refractivity contribution in [1.82, 2.24) is 4.90 Å². The van der Waals surface area contributed by atoms with Crippen molar-refractivity contribution in [3.8, 4) is 0 Å². The molecule has 3 fully saturated rings. The van der Waals surface area contributed by atoms with E-state index in [-0.39, 0.29) is 48.1 Å².